The van der Waals surface area contributed by atoms with Gasteiger partial charge in [-0.1, -0.05) is 231 Å². The van der Waals surface area contributed by atoms with Gasteiger partial charge in [-0.3, -0.25) is 0 Å². The van der Waals surface area contributed by atoms with Crippen LogP contribution in [0.5, 0.6) is 0 Å². The predicted octanol–water partition coefficient (Wildman–Crippen LogP) is 17.8. The zero-order chi connectivity index (χ0) is 50.2. The van der Waals surface area contributed by atoms with Crippen LogP contribution in [0.4, 0.5) is 17.1 Å². The fourth-order valence-electron chi connectivity index (χ4n) is 12.4. The smallest absolute Gasteiger partial charge is 0.160 e. The Bertz CT molecular complexity index is 4130. The molecule has 76 heavy (non-hydrogen) atoms. The lowest BCUT2D eigenvalue weighted by Gasteiger charge is -2.47. The predicted molar refractivity (Wildman–Crippen MR) is 314 cm³/mol. The van der Waals surface area contributed by atoms with Gasteiger partial charge in [-0.15, -0.1) is 0 Å². The zero-order valence-corrected chi connectivity index (χ0v) is 41.4. The molecule has 1 aliphatic rings. The Labute approximate surface area is 440 Å². The molecular weight excluding hydrogens is 923 g/mol. The number of benzene rings is 11. The number of hydrogen-bond donors (Lipinski definition) is 0. The average Bonchev–Trinajstić information content (AvgIpc) is 4.03. The van der Waals surface area contributed by atoms with Gasteiger partial charge in [0.1, 0.15) is 0 Å². The van der Waals surface area contributed by atoms with E-state index >= 15 is 0 Å². The van der Waals surface area contributed by atoms with Crippen LogP contribution in [0.15, 0.2) is 285 Å². The molecule has 0 aliphatic carbocycles. The highest BCUT2D eigenvalue weighted by atomic mass is 15.2. The van der Waals surface area contributed by atoms with Crippen LogP contribution in [0.25, 0.3) is 88.9 Å². The third kappa shape index (κ3) is 6.59. The van der Waals surface area contributed by atoms with Crippen LogP contribution in [-0.2, 0) is 5.41 Å². The summed E-state index contributed by atoms with van der Waals surface area (Å²) in [5.74, 6) is 0.662. The molecule has 5 nitrogen and oxygen atoms in total. The summed E-state index contributed by atoms with van der Waals surface area (Å²) in [6.07, 6.45) is 0. The summed E-state index contributed by atoms with van der Waals surface area (Å²) in [6, 6.07) is 103. The highest BCUT2D eigenvalue weighted by molar-refractivity contribution is 6.13. The molecule has 0 fully saturated rings. The van der Waals surface area contributed by atoms with Gasteiger partial charge in [-0.25, -0.2) is 9.97 Å². The standard InChI is InChI=1S/C71H47N5/c1-5-25-48(26-6-1)59-47-60(73-70(72-59)49-27-7-2-8-28-49)50-45-67(74-61-39-19-13-33-53(61)54-34-14-20-40-62(54)74)69(68(46-50)75-63-41-21-15-35-55(63)56-36-16-22-42-64(56)75)76-65-43-23-17-37-57(65)71(51-29-9-3-10-30-51,52-31-11-4-12-32-52)58-38-18-24-44-66(58)76/h1-47H. The van der Waals surface area contributed by atoms with E-state index in [0.29, 0.717) is 5.82 Å². The summed E-state index contributed by atoms with van der Waals surface area (Å²) in [6.45, 7) is 0. The lowest BCUT2D eigenvalue weighted by molar-refractivity contribution is 0.731. The van der Waals surface area contributed by atoms with Gasteiger partial charge in [0.25, 0.3) is 0 Å². The molecule has 0 atom stereocenters. The molecule has 3 aromatic heterocycles. The minimum atomic E-state index is -0.672. The molecule has 0 N–H and O–H groups in total. The van der Waals surface area contributed by atoms with Crippen molar-refractivity contribution in [1.82, 2.24) is 19.1 Å². The maximum absolute atomic E-state index is 5.55. The van der Waals surface area contributed by atoms with Crippen molar-refractivity contribution >= 4 is 60.7 Å². The van der Waals surface area contributed by atoms with E-state index in [1.165, 1.54) is 43.8 Å². The maximum Gasteiger partial charge on any atom is 0.160 e. The molecule has 15 rings (SSSR count). The molecule has 0 bridgehead atoms. The zero-order valence-electron chi connectivity index (χ0n) is 41.4. The van der Waals surface area contributed by atoms with Gasteiger partial charge in [0.05, 0.1) is 67.3 Å². The number of fused-ring (bicyclic) bond motifs is 8. The van der Waals surface area contributed by atoms with Gasteiger partial charge in [0, 0.05) is 38.2 Å². The largest absolute Gasteiger partial charge is 0.307 e. The summed E-state index contributed by atoms with van der Waals surface area (Å²) < 4.78 is 5.00. The van der Waals surface area contributed by atoms with Crippen LogP contribution >= 0.6 is 0 Å². The highest BCUT2D eigenvalue weighted by Gasteiger charge is 2.47. The lowest BCUT2D eigenvalue weighted by atomic mass is 9.62. The van der Waals surface area contributed by atoms with Crippen molar-refractivity contribution in [2.24, 2.45) is 0 Å². The Morgan fingerprint density at radius 3 is 1.05 bits per heavy atom. The van der Waals surface area contributed by atoms with Crippen LogP contribution in [-0.4, -0.2) is 19.1 Å². The fraction of sp³-hybridized carbons (Fsp3) is 0.0141. The monoisotopic (exact) mass is 969 g/mol. The van der Waals surface area contributed by atoms with E-state index in [1.807, 2.05) is 6.07 Å². The second-order valence-electron chi connectivity index (χ2n) is 19.6. The molecular formula is C71H47N5. The molecule has 0 radical (unpaired) electrons. The first-order valence-corrected chi connectivity index (χ1v) is 26.0. The Kier molecular flexibility index (Phi) is 10.0. The Morgan fingerprint density at radius 1 is 0.276 bits per heavy atom. The van der Waals surface area contributed by atoms with Crippen LogP contribution < -0.4 is 4.90 Å². The summed E-state index contributed by atoms with van der Waals surface area (Å²) in [5, 5.41) is 4.72. The van der Waals surface area contributed by atoms with Crippen molar-refractivity contribution in [3.8, 4) is 45.3 Å². The summed E-state index contributed by atoms with van der Waals surface area (Å²) in [5.41, 5.74) is 18.3. The maximum atomic E-state index is 5.55. The molecule has 11 aromatic carbocycles. The number of hydrogen-bond acceptors (Lipinski definition) is 3. The van der Waals surface area contributed by atoms with Crippen molar-refractivity contribution in [3.05, 3.63) is 307 Å². The molecule has 14 aromatic rings. The second-order valence-corrected chi connectivity index (χ2v) is 19.6. The summed E-state index contributed by atoms with van der Waals surface area (Å²) >= 11 is 0. The molecule has 0 saturated heterocycles. The first-order chi connectivity index (χ1) is 37.7. The van der Waals surface area contributed by atoms with Crippen LogP contribution in [0.3, 0.4) is 0 Å². The van der Waals surface area contributed by atoms with Crippen molar-refractivity contribution in [1.29, 1.82) is 0 Å². The van der Waals surface area contributed by atoms with Crippen LogP contribution in [0, 0.1) is 0 Å². The Morgan fingerprint density at radius 2 is 0.618 bits per heavy atom. The minimum Gasteiger partial charge on any atom is -0.307 e. The molecule has 0 unspecified atom stereocenters. The number of anilines is 3. The topological polar surface area (TPSA) is 38.9 Å². The van der Waals surface area contributed by atoms with Crippen molar-refractivity contribution in [2.45, 2.75) is 5.41 Å². The van der Waals surface area contributed by atoms with E-state index in [2.05, 4.69) is 293 Å². The lowest BCUT2D eigenvalue weighted by Crippen LogP contribution is -2.38. The van der Waals surface area contributed by atoms with E-state index in [0.717, 1.165) is 78.6 Å². The molecule has 0 spiro atoms. The molecule has 1 aliphatic heterocycles. The number of nitrogens with zero attached hydrogens (tertiary/aromatic N) is 5. The van der Waals surface area contributed by atoms with Gasteiger partial charge in [0.2, 0.25) is 0 Å². The van der Waals surface area contributed by atoms with E-state index in [-0.39, 0.29) is 0 Å². The molecule has 5 heteroatoms. The van der Waals surface area contributed by atoms with Crippen LogP contribution in [0.2, 0.25) is 0 Å². The normalized spacial score (nSPS) is 12.8. The van der Waals surface area contributed by atoms with E-state index in [4.69, 9.17) is 9.97 Å². The van der Waals surface area contributed by atoms with Crippen LogP contribution in [0.1, 0.15) is 22.3 Å². The SMILES string of the molecule is c1ccc(-c2cc(-c3cc(-n4c5ccccc5c5ccccc54)c(N4c5ccccc5C(c5ccccc5)(c5ccccc5)c5ccccc54)c(-n4c5ccccc5c5ccccc54)c3)nc(-c3ccccc3)n2)cc1. The fourth-order valence-corrected chi connectivity index (χ4v) is 12.4. The first-order valence-electron chi connectivity index (χ1n) is 26.0. The van der Waals surface area contributed by atoms with Crippen molar-refractivity contribution < 1.29 is 0 Å². The highest BCUT2D eigenvalue weighted by Crippen LogP contribution is 2.60. The number of rotatable bonds is 8. The molecule has 356 valence electrons. The Hall–Kier alpha value is -10.1. The number of para-hydroxylation sites is 6. The average molecular weight is 970 g/mol. The second kappa shape index (κ2) is 17.5. The first kappa shape index (κ1) is 43.5. The van der Waals surface area contributed by atoms with E-state index in [1.54, 1.807) is 0 Å². The summed E-state index contributed by atoms with van der Waals surface area (Å²) in [7, 11) is 0. The van der Waals surface area contributed by atoms with Gasteiger partial charge < -0.3 is 14.0 Å². The third-order valence-electron chi connectivity index (χ3n) is 15.6. The quantitative estimate of drug-likeness (QED) is 0.152. The van der Waals surface area contributed by atoms with Gasteiger partial charge >= 0.3 is 0 Å². The van der Waals surface area contributed by atoms with Crippen molar-refractivity contribution in [2.75, 3.05) is 4.90 Å². The minimum absolute atomic E-state index is 0.662. The number of aromatic nitrogens is 4. The van der Waals surface area contributed by atoms with Crippen molar-refractivity contribution in [3.63, 3.8) is 0 Å². The molecule has 0 saturated carbocycles. The van der Waals surface area contributed by atoms with Gasteiger partial charge in [-0.2, -0.15) is 0 Å². The molecule has 0 amide bonds. The third-order valence-corrected chi connectivity index (χ3v) is 15.6. The van der Waals surface area contributed by atoms with E-state index < -0.39 is 5.41 Å². The summed E-state index contributed by atoms with van der Waals surface area (Å²) in [4.78, 5) is 13.4. The van der Waals surface area contributed by atoms with Gasteiger partial charge in [-0.05, 0) is 76.9 Å². The van der Waals surface area contributed by atoms with Gasteiger partial charge in [0.15, 0.2) is 5.82 Å². The molecule has 4 heterocycles. The van der Waals surface area contributed by atoms with E-state index in [9.17, 15) is 0 Å². The Balaban J connectivity index is 1.15.